The van der Waals surface area contributed by atoms with Crippen molar-refractivity contribution in [3.63, 3.8) is 0 Å². The molecule has 6 nitrogen and oxygen atoms in total. The molecule has 2 aromatic heterocycles. The Hall–Kier alpha value is -3.02. The molecule has 1 aromatic carbocycles. The number of nitrogens with one attached hydrogen (secondary N) is 1. The van der Waals surface area contributed by atoms with E-state index < -0.39 is 0 Å². The Morgan fingerprint density at radius 1 is 1.32 bits per heavy atom. The average Bonchev–Trinajstić information content (AvgIpc) is 3.09. The third-order valence-corrected chi connectivity index (χ3v) is 4.28. The molecule has 0 spiro atoms. The van der Waals surface area contributed by atoms with Crippen molar-refractivity contribution in [1.82, 2.24) is 9.55 Å². The maximum absolute atomic E-state index is 9.79. The number of hydrogen-bond donors (Lipinski definition) is 2. The molecule has 0 unspecified atom stereocenters. The average molecular weight is 337 g/mol. The monoisotopic (exact) mass is 337 g/mol. The van der Waals surface area contributed by atoms with Crippen molar-refractivity contribution < 1.29 is 14.3 Å². The second-order valence-electron chi connectivity index (χ2n) is 6.63. The Bertz CT molecular complexity index is 974. The smallest absolute Gasteiger partial charge is 0.228 e. The molecule has 1 atom stereocenters. The Morgan fingerprint density at radius 3 is 2.88 bits per heavy atom. The highest BCUT2D eigenvalue weighted by Gasteiger charge is 2.33. The lowest BCUT2D eigenvalue weighted by Gasteiger charge is -2.27. The molecule has 0 aliphatic carbocycles. The lowest BCUT2D eigenvalue weighted by atomic mass is 9.87. The summed E-state index contributed by atoms with van der Waals surface area (Å²) in [4.78, 5) is 4.42. The van der Waals surface area contributed by atoms with Gasteiger partial charge in [-0.05, 0) is 24.1 Å². The maximum atomic E-state index is 9.79. The predicted octanol–water partition coefficient (Wildman–Crippen LogP) is 3.60. The molecule has 1 aliphatic heterocycles. The molecule has 6 heteroatoms. The van der Waals surface area contributed by atoms with Gasteiger partial charge in [-0.1, -0.05) is 19.9 Å². The second-order valence-corrected chi connectivity index (χ2v) is 6.63. The summed E-state index contributed by atoms with van der Waals surface area (Å²) in [6.45, 7) is 4.90. The number of aromatic hydroxyl groups is 1. The highest BCUT2D eigenvalue weighted by atomic mass is 16.5. The summed E-state index contributed by atoms with van der Waals surface area (Å²) in [5, 5.41) is 18.5. The fourth-order valence-electron chi connectivity index (χ4n) is 3.24. The number of aromatic nitrogens is 2. The second kappa shape index (κ2) is 5.81. The molecule has 0 fully saturated rings. The van der Waals surface area contributed by atoms with Crippen molar-refractivity contribution >= 4 is 0 Å². The number of ether oxygens (including phenoxy) is 1. The number of nitrogens with zero attached hydrogens (tertiary/aromatic N) is 2. The van der Waals surface area contributed by atoms with Gasteiger partial charge >= 0.3 is 0 Å². The molecule has 0 saturated heterocycles. The highest BCUT2D eigenvalue weighted by molar-refractivity contribution is 5.55. The number of furan rings is 1. The molecular formula is C19H19N3O3. The van der Waals surface area contributed by atoms with Crippen molar-refractivity contribution in [2.45, 2.75) is 26.3 Å². The van der Waals surface area contributed by atoms with Crippen molar-refractivity contribution in [1.29, 1.82) is 5.41 Å². The van der Waals surface area contributed by atoms with Gasteiger partial charge in [-0.2, -0.15) is 0 Å². The minimum Gasteiger partial charge on any atom is -0.508 e. The van der Waals surface area contributed by atoms with E-state index in [2.05, 4.69) is 18.8 Å². The van der Waals surface area contributed by atoms with E-state index in [4.69, 9.17) is 14.6 Å². The van der Waals surface area contributed by atoms with E-state index in [0.29, 0.717) is 40.9 Å². The van der Waals surface area contributed by atoms with Gasteiger partial charge in [-0.15, -0.1) is 0 Å². The standard InChI is InChI=1S/C19H19N3O3/c1-11(2)9-22-10-21-19-17(18(22)20)16(14-4-3-7-24-14)13-6-5-12(23)8-15(13)25-19/h3-8,10-11,16,20,23H,9H2,1-2H3/t16-/m1/s1. The fourth-order valence-corrected chi connectivity index (χ4v) is 3.24. The van der Waals surface area contributed by atoms with Gasteiger partial charge in [0, 0.05) is 18.2 Å². The normalized spacial score (nSPS) is 15.6. The third kappa shape index (κ3) is 2.59. The first-order valence-electron chi connectivity index (χ1n) is 8.22. The molecule has 4 rings (SSSR count). The summed E-state index contributed by atoms with van der Waals surface area (Å²) in [5.41, 5.74) is 1.88. The van der Waals surface area contributed by atoms with Crippen LogP contribution in [0.4, 0.5) is 0 Å². The van der Waals surface area contributed by atoms with Crippen LogP contribution in [0.5, 0.6) is 17.4 Å². The van der Waals surface area contributed by atoms with Crippen molar-refractivity contribution in [3.05, 3.63) is 65.3 Å². The van der Waals surface area contributed by atoms with Crippen LogP contribution in [0, 0.1) is 11.3 Å². The zero-order valence-corrected chi connectivity index (χ0v) is 14.1. The summed E-state index contributed by atoms with van der Waals surface area (Å²) >= 11 is 0. The van der Waals surface area contributed by atoms with Crippen molar-refractivity contribution in [2.75, 3.05) is 0 Å². The number of phenolic OH excluding ortho intramolecular Hbond substituents is 1. The highest BCUT2D eigenvalue weighted by Crippen LogP contribution is 2.45. The summed E-state index contributed by atoms with van der Waals surface area (Å²) in [6, 6.07) is 8.70. The minimum atomic E-state index is -0.297. The lowest BCUT2D eigenvalue weighted by Crippen LogP contribution is -2.30. The Morgan fingerprint density at radius 2 is 2.16 bits per heavy atom. The van der Waals surface area contributed by atoms with Gasteiger partial charge in [0.1, 0.15) is 29.1 Å². The summed E-state index contributed by atoms with van der Waals surface area (Å²) in [5.74, 6) is 1.84. The van der Waals surface area contributed by atoms with E-state index in [-0.39, 0.29) is 11.7 Å². The third-order valence-electron chi connectivity index (χ3n) is 4.28. The van der Waals surface area contributed by atoms with Gasteiger partial charge < -0.3 is 18.8 Å². The van der Waals surface area contributed by atoms with E-state index in [0.717, 1.165) is 5.56 Å². The van der Waals surface area contributed by atoms with Gasteiger partial charge in [0.2, 0.25) is 5.88 Å². The van der Waals surface area contributed by atoms with Crippen LogP contribution in [0.1, 0.15) is 36.7 Å². The molecule has 3 heterocycles. The zero-order chi connectivity index (χ0) is 17.6. The van der Waals surface area contributed by atoms with Crippen LogP contribution >= 0.6 is 0 Å². The van der Waals surface area contributed by atoms with Crippen LogP contribution in [0.15, 0.2) is 47.3 Å². The molecule has 0 radical (unpaired) electrons. The molecule has 0 amide bonds. The Labute approximate surface area is 144 Å². The van der Waals surface area contributed by atoms with Crippen LogP contribution in [0.3, 0.4) is 0 Å². The number of hydrogen-bond acceptors (Lipinski definition) is 5. The quantitative estimate of drug-likeness (QED) is 0.598. The fraction of sp³-hybridized carbons (Fsp3) is 0.263. The lowest BCUT2D eigenvalue weighted by molar-refractivity contribution is 0.395. The first kappa shape index (κ1) is 15.5. The Kier molecular flexibility index (Phi) is 3.60. The summed E-state index contributed by atoms with van der Waals surface area (Å²) < 4.78 is 13.4. The van der Waals surface area contributed by atoms with Gasteiger partial charge in [-0.25, -0.2) is 4.98 Å². The molecule has 128 valence electrons. The first-order chi connectivity index (χ1) is 12.0. The van der Waals surface area contributed by atoms with Crippen LogP contribution in [-0.4, -0.2) is 14.7 Å². The molecule has 0 saturated carbocycles. The van der Waals surface area contributed by atoms with Gasteiger partial charge in [-0.3, -0.25) is 5.41 Å². The molecular weight excluding hydrogens is 318 g/mol. The minimum absolute atomic E-state index is 0.122. The van der Waals surface area contributed by atoms with Gasteiger partial charge in [0.05, 0.1) is 17.7 Å². The van der Waals surface area contributed by atoms with Crippen LogP contribution in [0.25, 0.3) is 0 Å². The molecule has 0 bridgehead atoms. The van der Waals surface area contributed by atoms with E-state index >= 15 is 0 Å². The van der Waals surface area contributed by atoms with Crippen molar-refractivity contribution in [3.8, 4) is 17.4 Å². The molecule has 3 aromatic rings. The molecule has 2 N–H and O–H groups in total. The topological polar surface area (TPSA) is 84.3 Å². The molecule has 25 heavy (non-hydrogen) atoms. The van der Waals surface area contributed by atoms with E-state index in [1.807, 2.05) is 16.7 Å². The zero-order valence-electron chi connectivity index (χ0n) is 14.1. The molecule has 1 aliphatic rings. The van der Waals surface area contributed by atoms with Gasteiger partial charge in [0.15, 0.2) is 0 Å². The number of rotatable bonds is 3. The van der Waals surface area contributed by atoms with Crippen molar-refractivity contribution in [2.24, 2.45) is 5.92 Å². The van der Waals surface area contributed by atoms with E-state index in [1.165, 1.54) is 0 Å². The predicted molar refractivity (Wildman–Crippen MR) is 90.8 cm³/mol. The van der Waals surface area contributed by atoms with E-state index in [9.17, 15) is 5.11 Å². The Balaban J connectivity index is 1.95. The SMILES string of the molecule is CC(C)Cn1cnc2c(c1=N)[C@@H](c1ccco1)c1ccc(O)cc1O2. The number of benzene rings is 1. The van der Waals surface area contributed by atoms with E-state index in [1.54, 1.807) is 30.8 Å². The summed E-state index contributed by atoms with van der Waals surface area (Å²) in [7, 11) is 0. The summed E-state index contributed by atoms with van der Waals surface area (Å²) in [6.07, 6.45) is 3.25. The van der Waals surface area contributed by atoms with Gasteiger partial charge in [0.25, 0.3) is 0 Å². The van der Waals surface area contributed by atoms with Crippen LogP contribution in [0.2, 0.25) is 0 Å². The first-order valence-corrected chi connectivity index (χ1v) is 8.22. The van der Waals surface area contributed by atoms with Crippen LogP contribution < -0.4 is 10.2 Å². The van der Waals surface area contributed by atoms with Crippen LogP contribution in [-0.2, 0) is 6.54 Å². The number of phenols is 1. The number of fused-ring (bicyclic) bond motifs is 2. The largest absolute Gasteiger partial charge is 0.508 e. The maximum Gasteiger partial charge on any atom is 0.228 e.